The minimum absolute atomic E-state index is 0.188. The minimum atomic E-state index is -0.607. The zero-order valence-electron chi connectivity index (χ0n) is 16.9. The summed E-state index contributed by atoms with van der Waals surface area (Å²) in [7, 11) is 0. The van der Waals surface area contributed by atoms with E-state index in [9.17, 15) is 9.59 Å². The molecule has 7 heteroatoms. The fraction of sp³-hybridized carbons (Fsp3) is 0.167. The number of ether oxygens (including phenoxy) is 4. The van der Waals surface area contributed by atoms with E-state index in [1.165, 1.54) is 0 Å². The van der Waals surface area contributed by atoms with Crippen molar-refractivity contribution in [3.8, 4) is 23.0 Å². The summed E-state index contributed by atoms with van der Waals surface area (Å²) in [5.74, 6) is 1.46. The van der Waals surface area contributed by atoms with E-state index < -0.39 is 18.5 Å². The molecule has 1 amide bonds. The van der Waals surface area contributed by atoms with Crippen LogP contribution in [-0.4, -0.2) is 25.3 Å². The van der Waals surface area contributed by atoms with Gasteiger partial charge in [-0.25, -0.2) is 4.79 Å². The Balaban J connectivity index is 1.30. The van der Waals surface area contributed by atoms with E-state index in [-0.39, 0.29) is 12.8 Å². The second kappa shape index (κ2) is 9.21. The average molecular weight is 419 g/mol. The number of carbonyl (C=O) groups is 2. The summed E-state index contributed by atoms with van der Waals surface area (Å²) in [4.78, 5) is 24.6. The second-order valence-electron chi connectivity index (χ2n) is 6.92. The number of nitrogens with one attached hydrogen (secondary N) is 1. The van der Waals surface area contributed by atoms with Crippen molar-refractivity contribution in [2.75, 3.05) is 13.4 Å². The number of benzene rings is 3. The first kappa shape index (κ1) is 20.3. The standard InChI is InChI=1S/C24H21NO6/c1-16(17-10-11-21-22(13-17)30-15-29-21)25-23(26)14-28-24(27)18-6-5-9-20(12-18)31-19-7-3-2-4-8-19/h2-13,16H,14-15H2,1H3,(H,25,26)/t16-/m1/s1. The molecule has 0 spiro atoms. The quantitative estimate of drug-likeness (QED) is 0.577. The predicted molar refractivity (Wildman–Crippen MR) is 112 cm³/mol. The van der Waals surface area contributed by atoms with Gasteiger partial charge in [-0.1, -0.05) is 30.3 Å². The largest absolute Gasteiger partial charge is 0.457 e. The van der Waals surface area contributed by atoms with Gasteiger partial charge in [-0.05, 0) is 55.0 Å². The van der Waals surface area contributed by atoms with Gasteiger partial charge in [0.25, 0.3) is 5.91 Å². The van der Waals surface area contributed by atoms with Crippen molar-refractivity contribution in [1.29, 1.82) is 0 Å². The molecule has 0 aromatic heterocycles. The van der Waals surface area contributed by atoms with Gasteiger partial charge in [-0.15, -0.1) is 0 Å². The fourth-order valence-electron chi connectivity index (χ4n) is 3.07. The van der Waals surface area contributed by atoms with Crippen molar-refractivity contribution >= 4 is 11.9 Å². The third kappa shape index (κ3) is 5.14. The average Bonchev–Trinajstić information content (AvgIpc) is 3.26. The normalized spacial score (nSPS) is 12.7. The van der Waals surface area contributed by atoms with Crippen molar-refractivity contribution in [1.82, 2.24) is 5.32 Å². The molecular formula is C24H21NO6. The van der Waals surface area contributed by atoms with Gasteiger partial charge >= 0.3 is 5.97 Å². The summed E-state index contributed by atoms with van der Waals surface area (Å²) in [5, 5.41) is 2.80. The van der Waals surface area contributed by atoms with E-state index in [4.69, 9.17) is 18.9 Å². The highest BCUT2D eigenvalue weighted by Crippen LogP contribution is 2.34. The molecule has 3 aromatic carbocycles. The van der Waals surface area contributed by atoms with Crippen molar-refractivity contribution in [2.45, 2.75) is 13.0 Å². The Bertz CT molecular complexity index is 1080. The summed E-state index contributed by atoms with van der Waals surface area (Å²) < 4.78 is 21.5. The van der Waals surface area contributed by atoms with Gasteiger partial charge in [0, 0.05) is 0 Å². The molecule has 0 unspecified atom stereocenters. The number of amides is 1. The third-order valence-corrected chi connectivity index (χ3v) is 4.66. The first-order chi connectivity index (χ1) is 15.1. The van der Waals surface area contributed by atoms with E-state index >= 15 is 0 Å². The first-order valence-electron chi connectivity index (χ1n) is 9.77. The first-order valence-corrected chi connectivity index (χ1v) is 9.77. The lowest BCUT2D eigenvalue weighted by Gasteiger charge is -2.15. The maximum absolute atomic E-state index is 12.3. The van der Waals surface area contributed by atoms with E-state index in [1.807, 2.05) is 49.4 Å². The monoisotopic (exact) mass is 419 g/mol. The molecule has 1 aliphatic heterocycles. The second-order valence-corrected chi connectivity index (χ2v) is 6.92. The SMILES string of the molecule is C[C@@H](NC(=O)COC(=O)c1cccc(Oc2ccccc2)c1)c1ccc2c(c1)OCO2. The van der Waals surface area contributed by atoms with Crippen molar-refractivity contribution < 1.29 is 28.5 Å². The van der Waals surface area contributed by atoms with Crippen LogP contribution in [0.25, 0.3) is 0 Å². The smallest absolute Gasteiger partial charge is 0.338 e. The topological polar surface area (TPSA) is 83.1 Å². The predicted octanol–water partition coefficient (Wildman–Crippen LogP) is 4.24. The molecule has 0 bridgehead atoms. The highest BCUT2D eigenvalue weighted by Gasteiger charge is 2.18. The molecule has 0 aliphatic carbocycles. The molecule has 0 fully saturated rings. The maximum Gasteiger partial charge on any atom is 0.338 e. The number of para-hydroxylation sites is 1. The lowest BCUT2D eigenvalue weighted by atomic mass is 10.1. The molecule has 1 aliphatic rings. The van der Waals surface area contributed by atoms with Gasteiger partial charge in [0.05, 0.1) is 11.6 Å². The molecule has 0 radical (unpaired) electrons. The molecule has 0 saturated carbocycles. The third-order valence-electron chi connectivity index (χ3n) is 4.66. The van der Waals surface area contributed by atoms with Crippen LogP contribution in [0.4, 0.5) is 0 Å². The van der Waals surface area contributed by atoms with Crippen LogP contribution in [0.15, 0.2) is 72.8 Å². The highest BCUT2D eigenvalue weighted by molar-refractivity contribution is 5.91. The van der Waals surface area contributed by atoms with Crippen LogP contribution in [0.5, 0.6) is 23.0 Å². The van der Waals surface area contributed by atoms with Crippen LogP contribution in [0.3, 0.4) is 0 Å². The van der Waals surface area contributed by atoms with Gasteiger partial charge in [0.15, 0.2) is 18.1 Å². The molecule has 1 atom stereocenters. The number of esters is 1. The molecule has 1 heterocycles. The number of rotatable bonds is 7. The molecule has 7 nitrogen and oxygen atoms in total. The molecule has 4 rings (SSSR count). The van der Waals surface area contributed by atoms with Crippen LogP contribution < -0.4 is 19.5 Å². The lowest BCUT2D eigenvalue weighted by molar-refractivity contribution is -0.124. The van der Waals surface area contributed by atoms with Crippen LogP contribution in [0.2, 0.25) is 0 Å². The van der Waals surface area contributed by atoms with E-state index in [2.05, 4.69) is 5.32 Å². The fourth-order valence-corrected chi connectivity index (χ4v) is 3.07. The van der Waals surface area contributed by atoms with Gasteiger partial charge in [0.1, 0.15) is 11.5 Å². The number of carbonyl (C=O) groups excluding carboxylic acids is 2. The van der Waals surface area contributed by atoms with Crippen molar-refractivity contribution in [3.05, 3.63) is 83.9 Å². The summed E-state index contributed by atoms with van der Waals surface area (Å²) in [6.45, 7) is 1.63. The van der Waals surface area contributed by atoms with Gasteiger partial charge in [0.2, 0.25) is 6.79 Å². The van der Waals surface area contributed by atoms with Gasteiger partial charge in [-0.3, -0.25) is 4.79 Å². The number of hydrogen-bond donors (Lipinski definition) is 1. The van der Waals surface area contributed by atoms with Crippen molar-refractivity contribution in [3.63, 3.8) is 0 Å². The van der Waals surface area contributed by atoms with E-state index in [0.717, 1.165) is 5.56 Å². The van der Waals surface area contributed by atoms with Gasteiger partial charge < -0.3 is 24.3 Å². The van der Waals surface area contributed by atoms with E-state index in [0.29, 0.717) is 28.6 Å². The maximum atomic E-state index is 12.3. The summed E-state index contributed by atoms with van der Waals surface area (Å²) in [6, 6.07) is 21.0. The Hall–Kier alpha value is -4.00. The molecule has 0 saturated heterocycles. The number of fused-ring (bicyclic) bond motifs is 1. The highest BCUT2D eigenvalue weighted by atomic mass is 16.7. The summed E-state index contributed by atoms with van der Waals surface area (Å²) >= 11 is 0. The molecule has 3 aromatic rings. The van der Waals surface area contributed by atoms with Gasteiger partial charge in [-0.2, -0.15) is 0 Å². The zero-order valence-corrected chi connectivity index (χ0v) is 16.9. The van der Waals surface area contributed by atoms with E-state index in [1.54, 1.807) is 30.3 Å². The van der Waals surface area contributed by atoms with Crippen LogP contribution in [0.1, 0.15) is 28.9 Å². The Morgan fingerprint density at radius 3 is 2.55 bits per heavy atom. The number of hydrogen-bond acceptors (Lipinski definition) is 6. The zero-order chi connectivity index (χ0) is 21.6. The lowest BCUT2D eigenvalue weighted by Crippen LogP contribution is -2.31. The molecule has 31 heavy (non-hydrogen) atoms. The summed E-state index contributed by atoms with van der Waals surface area (Å²) in [5.41, 5.74) is 1.15. The Kier molecular flexibility index (Phi) is 6.03. The summed E-state index contributed by atoms with van der Waals surface area (Å²) in [6.07, 6.45) is 0. The molecule has 1 N–H and O–H groups in total. The molecular weight excluding hydrogens is 398 g/mol. The Morgan fingerprint density at radius 1 is 0.935 bits per heavy atom. The van der Waals surface area contributed by atoms with Crippen molar-refractivity contribution in [2.24, 2.45) is 0 Å². The molecule has 158 valence electrons. The Morgan fingerprint density at radius 2 is 1.71 bits per heavy atom. The van der Waals surface area contributed by atoms with Crippen LogP contribution >= 0.6 is 0 Å². The van der Waals surface area contributed by atoms with Crippen LogP contribution in [0, 0.1) is 0 Å². The van der Waals surface area contributed by atoms with Crippen LogP contribution in [-0.2, 0) is 9.53 Å². The Labute approximate surface area is 179 Å². The minimum Gasteiger partial charge on any atom is -0.457 e.